The van der Waals surface area contributed by atoms with Crippen molar-refractivity contribution in [3.05, 3.63) is 62.5 Å². The first-order chi connectivity index (χ1) is 14.8. The van der Waals surface area contributed by atoms with Crippen LogP contribution in [0.3, 0.4) is 0 Å². The zero-order valence-electron chi connectivity index (χ0n) is 16.3. The number of carbonyl (C=O) groups excluding carboxylic acids is 2. The van der Waals surface area contributed by atoms with E-state index in [4.69, 9.17) is 37.8 Å². The van der Waals surface area contributed by atoms with Gasteiger partial charge in [0.1, 0.15) is 0 Å². The molecule has 0 radical (unpaired) electrons. The number of halogens is 2. The Balaban J connectivity index is 1.92. The molecule has 0 aromatic heterocycles. The minimum Gasteiger partial charge on any atom is -0.490 e. The zero-order chi connectivity index (χ0) is 22.5. The van der Waals surface area contributed by atoms with E-state index in [1.165, 1.54) is 6.08 Å². The number of carbonyl (C=O) groups is 3. The average Bonchev–Trinajstić information content (AvgIpc) is 2.97. The summed E-state index contributed by atoms with van der Waals surface area (Å²) in [7, 11) is 0. The number of thioether (sulfide) groups is 1. The van der Waals surface area contributed by atoms with E-state index in [1.807, 2.05) is 0 Å². The van der Waals surface area contributed by atoms with Crippen molar-refractivity contribution in [1.29, 1.82) is 0 Å². The van der Waals surface area contributed by atoms with Gasteiger partial charge in [-0.2, -0.15) is 0 Å². The van der Waals surface area contributed by atoms with Crippen molar-refractivity contribution in [3.63, 3.8) is 0 Å². The Morgan fingerprint density at radius 3 is 2.45 bits per heavy atom. The van der Waals surface area contributed by atoms with Crippen LogP contribution < -0.4 is 9.47 Å². The van der Waals surface area contributed by atoms with Gasteiger partial charge in [0.25, 0.3) is 11.1 Å². The molecular weight excluding hydrogens is 465 g/mol. The SMILES string of the molecule is CCOc1cccc(/C=C2\SC(=O)N(Cc3c(Cl)cccc3Cl)C2=O)c1OCC(=O)O. The number of nitrogens with zero attached hydrogens (tertiary/aromatic N) is 1. The molecule has 7 nitrogen and oxygen atoms in total. The van der Waals surface area contributed by atoms with Gasteiger partial charge in [0.2, 0.25) is 0 Å². The molecule has 10 heteroatoms. The molecule has 2 aromatic carbocycles. The second-order valence-electron chi connectivity index (χ2n) is 6.26. The van der Waals surface area contributed by atoms with E-state index in [0.717, 1.165) is 16.7 Å². The molecule has 1 saturated heterocycles. The predicted molar refractivity (Wildman–Crippen MR) is 119 cm³/mol. The van der Waals surface area contributed by atoms with E-state index in [1.54, 1.807) is 43.3 Å². The lowest BCUT2D eigenvalue weighted by Gasteiger charge is -2.15. The van der Waals surface area contributed by atoms with Gasteiger partial charge >= 0.3 is 5.97 Å². The van der Waals surface area contributed by atoms with Crippen LogP contribution in [-0.4, -0.2) is 40.3 Å². The number of para-hydroxylation sites is 1. The molecule has 1 aliphatic rings. The number of rotatable bonds is 8. The molecule has 1 fully saturated rings. The number of ether oxygens (including phenoxy) is 2. The fourth-order valence-corrected chi connectivity index (χ4v) is 4.17. The number of imide groups is 1. The minimum absolute atomic E-state index is 0.0676. The lowest BCUT2D eigenvalue weighted by atomic mass is 10.1. The number of aliphatic carboxylic acids is 1. The molecule has 0 unspecified atom stereocenters. The highest BCUT2D eigenvalue weighted by Crippen LogP contribution is 2.39. The summed E-state index contributed by atoms with van der Waals surface area (Å²) in [6.07, 6.45) is 1.47. The maximum absolute atomic E-state index is 12.9. The highest BCUT2D eigenvalue weighted by atomic mass is 35.5. The third-order valence-electron chi connectivity index (χ3n) is 4.19. The maximum Gasteiger partial charge on any atom is 0.341 e. The van der Waals surface area contributed by atoms with E-state index in [2.05, 4.69) is 0 Å². The molecule has 31 heavy (non-hydrogen) atoms. The monoisotopic (exact) mass is 481 g/mol. The van der Waals surface area contributed by atoms with Crippen LogP contribution in [0.15, 0.2) is 41.3 Å². The fraction of sp³-hybridized carbons (Fsp3) is 0.190. The summed E-state index contributed by atoms with van der Waals surface area (Å²) >= 11 is 13.1. The third-order valence-corrected chi connectivity index (χ3v) is 5.80. The number of hydrogen-bond acceptors (Lipinski definition) is 6. The van der Waals surface area contributed by atoms with Crippen LogP contribution >= 0.6 is 35.0 Å². The Bertz CT molecular complexity index is 1050. The van der Waals surface area contributed by atoms with Crippen LogP contribution in [-0.2, 0) is 16.1 Å². The molecular formula is C21H17Cl2NO6S. The van der Waals surface area contributed by atoms with Crippen LogP contribution in [0, 0.1) is 0 Å². The summed E-state index contributed by atoms with van der Waals surface area (Å²) in [6, 6.07) is 9.87. The van der Waals surface area contributed by atoms with Crippen molar-refractivity contribution in [2.45, 2.75) is 13.5 Å². The van der Waals surface area contributed by atoms with Gasteiger partial charge < -0.3 is 14.6 Å². The molecule has 2 aromatic rings. The van der Waals surface area contributed by atoms with Crippen LogP contribution in [0.25, 0.3) is 6.08 Å². The molecule has 0 bridgehead atoms. The fourth-order valence-electron chi connectivity index (χ4n) is 2.82. The van der Waals surface area contributed by atoms with E-state index >= 15 is 0 Å². The summed E-state index contributed by atoms with van der Waals surface area (Å²) in [5.74, 6) is -1.17. The quantitative estimate of drug-likeness (QED) is 0.524. The average molecular weight is 482 g/mol. The molecule has 0 atom stereocenters. The standard InChI is InChI=1S/C21H17Cl2NO6S/c1-2-29-16-8-3-5-12(19(16)30-11-18(25)26)9-17-20(27)24(21(28)31-17)10-13-14(22)6-4-7-15(13)23/h3-9H,2,10-11H2,1H3,(H,25,26)/b17-9-. The van der Waals surface area contributed by atoms with Gasteiger partial charge in [-0.05, 0) is 43.0 Å². The summed E-state index contributed by atoms with van der Waals surface area (Å²) < 4.78 is 10.9. The molecule has 0 spiro atoms. The summed E-state index contributed by atoms with van der Waals surface area (Å²) in [5.41, 5.74) is 0.881. The topological polar surface area (TPSA) is 93.1 Å². The normalized spacial score (nSPS) is 14.9. The summed E-state index contributed by atoms with van der Waals surface area (Å²) in [4.78, 5) is 37.5. The van der Waals surface area contributed by atoms with Gasteiger partial charge in [0.05, 0.1) is 18.1 Å². The van der Waals surface area contributed by atoms with Gasteiger partial charge in [0, 0.05) is 21.2 Å². The number of amides is 2. The minimum atomic E-state index is -1.16. The second kappa shape index (κ2) is 10.1. The predicted octanol–water partition coefficient (Wildman–Crippen LogP) is 5.09. The molecule has 3 rings (SSSR count). The maximum atomic E-state index is 12.9. The molecule has 1 N–H and O–H groups in total. The third kappa shape index (κ3) is 5.33. The smallest absolute Gasteiger partial charge is 0.341 e. The number of benzene rings is 2. The lowest BCUT2D eigenvalue weighted by molar-refractivity contribution is -0.139. The van der Waals surface area contributed by atoms with Crippen molar-refractivity contribution >= 4 is 58.2 Å². The van der Waals surface area contributed by atoms with E-state index in [-0.39, 0.29) is 17.2 Å². The van der Waals surface area contributed by atoms with Crippen molar-refractivity contribution in [2.24, 2.45) is 0 Å². The lowest BCUT2D eigenvalue weighted by Crippen LogP contribution is -2.27. The molecule has 0 saturated carbocycles. The first kappa shape index (κ1) is 23.0. The van der Waals surface area contributed by atoms with E-state index in [0.29, 0.717) is 33.5 Å². The van der Waals surface area contributed by atoms with Gasteiger partial charge in [-0.3, -0.25) is 14.5 Å². The highest BCUT2D eigenvalue weighted by Gasteiger charge is 2.36. The second-order valence-corrected chi connectivity index (χ2v) is 8.07. The van der Waals surface area contributed by atoms with Crippen LogP contribution in [0.2, 0.25) is 10.0 Å². The summed E-state index contributed by atoms with van der Waals surface area (Å²) in [5, 5.41) is 9.19. The summed E-state index contributed by atoms with van der Waals surface area (Å²) in [6.45, 7) is 1.46. The Labute approximate surface area is 192 Å². The molecule has 1 heterocycles. The Kier molecular flexibility index (Phi) is 7.48. The van der Waals surface area contributed by atoms with Crippen LogP contribution in [0.4, 0.5) is 4.79 Å². The van der Waals surface area contributed by atoms with E-state index < -0.39 is 23.7 Å². The van der Waals surface area contributed by atoms with Gasteiger partial charge in [-0.15, -0.1) is 0 Å². The molecule has 0 aliphatic carbocycles. The Morgan fingerprint density at radius 2 is 1.81 bits per heavy atom. The van der Waals surface area contributed by atoms with Crippen molar-refractivity contribution < 1.29 is 29.0 Å². The van der Waals surface area contributed by atoms with Gasteiger partial charge in [-0.1, -0.05) is 41.4 Å². The molecule has 2 amide bonds. The zero-order valence-corrected chi connectivity index (χ0v) is 18.6. The van der Waals surface area contributed by atoms with Crippen LogP contribution in [0.5, 0.6) is 11.5 Å². The first-order valence-electron chi connectivity index (χ1n) is 9.10. The van der Waals surface area contributed by atoms with Crippen LogP contribution in [0.1, 0.15) is 18.1 Å². The largest absolute Gasteiger partial charge is 0.490 e. The van der Waals surface area contributed by atoms with Gasteiger partial charge in [-0.25, -0.2) is 4.79 Å². The highest BCUT2D eigenvalue weighted by molar-refractivity contribution is 8.18. The van der Waals surface area contributed by atoms with Crippen molar-refractivity contribution in [2.75, 3.05) is 13.2 Å². The number of carboxylic acids is 1. The van der Waals surface area contributed by atoms with Gasteiger partial charge in [0.15, 0.2) is 18.1 Å². The van der Waals surface area contributed by atoms with E-state index in [9.17, 15) is 14.4 Å². The molecule has 1 aliphatic heterocycles. The Morgan fingerprint density at radius 1 is 1.13 bits per heavy atom. The first-order valence-corrected chi connectivity index (χ1v) is 10.7. The Hall–Kier alpha value is -2.68. The number of hydrogen-bond donors (Lipinski definition) is 1. The van der Waals surface area contributed by atoms with Crippen molar-refractivity contribution in [1.82, 2.24) is 4.90 Å². The molecule has 162 valence electrons. The number of carboxylic acid groups (broad SMARTS) is 1. The van der Waals surface area contributed by atoms with Crippen molar-refractivity contribution in [3.8, 4) is 11.5 Å².